The lowest BCUT2D eigenvalue weighted by molar-refractivity contribution is -0.185. The Labute approximate surface area is 319 Å². The molecule has 3 N–H and O–H groups in total. The first-order valence-electron chi connectivity index (χ1n) is 18.9. The van der Waals surface area contributed by atoms with Crippen LogP contribution in [0.4, 0.5) is 9.18 Å². The second kappa shape index (κ2) is 15.8. The van der Waals surface area contributed by atoms with Gasteiger partial charge in [0.25, 0.3) is 0 Å². The normalized spacial score (nSPS) is 25.1. The van der Waals surface area contributed by atoms with Gasteiger partial charge in [0.15, 0.2) is 11.9 Å². The number of piperazine rings is 1. The van der Waals surface area contributed by atoms with Gasteiger partial charge in [-0.1, -0.05) is 39.3 Å². The summed E-state index contributed by atoms with van der Waals surface area (Å²) < 4.78 is 40.4. The van der Waals surface area contributed by atoms with E-state index in [0.29, 0.717) is 29.4 Å². The number of hydrogen-bond acceptors (Lipinski definition) is 10. The lowest BCUT2D eigenvalue weighted by Gasteiger charge is -2.63. The van der Waals surface area contributed by atoms with E-state index in [4.69, 9.17) is 18.8 Å². The fourth-order valence-corrected chi connectivity index (χ4v) is 8.48. The van der Waals surface area contributed by atoms with Crippen molar-refractivity contribution in [2.45, 2.75) is 90.4 Å². The van der Waals surface area contributed by atoms with Crippen LogP contribution in [0.3, 0.4) is 0 Å². The molecule has 3 aliphatic carbocycles. The number of carbonyl (C=O) groups excluding carboxylic acids is 4. The number of methoxy groups -OCH3 is 1. The van der Waals surface area contributed by atoms with Crippen molar-refractivity contribution in [2.75, 3.05) is 33.4 Å². The van der Waals surface area contributed by atoms with Crippen molar-refractivity contribution in [2.24, 2.45) is 17.3 Å². The molecule has 55 heavy (non-hydrogen) atoms. The zero-order valence-corrected chi connectivity index (χ0v) is 32.1. The van der Waals surface area contributed by atoms with E-state index in [1.165, 1.54) is 24.3 Å². The molecule has 2 aliphatic heterocycles. The number of ether oxygens (including phenoxy) is 2. The molecule has 1 unspecified atom stereocenters. The second-order valence-electron chi connectivity index (χ2n) is 15.5. The van der Waals surface area contributed by atoms with Crippen LogP contribution in [0.5, 0.6) is 11.5 Å². The number of amides is 5. The van der Waals surface area contributed by atoms with Crippen LogP contribution in [0.2, 0.25) is 0 Å². The van der Waals surface area contributed by atoms with Crippen molar-refractivity contribution in [1.29, 1.82) is 0 Å². The maximum Gasteiger partial charge on any atom is 0.482 e. The topological polar surface area (TPSA) is 186 Å². The van der Waals surface area contributed by atoms with Crippen molar-refractivity contribution in [3.63, 3.8) is 0 Å². The van der Waals surface area contributed by atoms with E-state index < -0.39 is 65.9 Å². The van der Waals surface area contributed by atoms with Gasteiger partial charge in [-0.3, -0.25) is 24.3 Å². The number of likely N-dealkylation sites (N-methyl/N-ethyl adjacent to an activating group) is 1. The molecule has 5 amide bonds. The zero-order chi connectivity index (χ0) is 39.8. The highest BCUT2D eigenvalue weighted by atomic mass is 19.1. The van der Waals surface area contributed by atoms with E-state index in [-0.39, 0.29) is 60.6 Å². The molecule has 7 rings (SSSR count). The molecule has 2 bridgehead atoms. The lowest BCUT2D eigenvalue weighted by atomic mass is 9.45. The van der Waals surface area contributed by atoms with Gasteiger partial charge in [0, 0.05) is 25.7 Å². The van der Waals surface area contributed by atoms with Crippen molar-refractivity contribution >= 4 is 36.8 Å². The lowest BCUT2D eigenvalue weighted by Crippen LogP contribution is -2.63. The Bertz CT molecular complexity index is 1850. The van der Waals surface area contributed by atoms with E-state index in [9.17, 15) is 29.1 Å². The molecule has 5 fully saturated rings. The highest BCUT2D eigenvalue weighted by Crippen LogP contribution is 2.64. The van der Waals surface area contributed by atoms with Gasteiger partial charge >= 0.3 is 30.9 Å². The summed E-state index contributed by atoms with van der Waals surface area (Å²) >= 11 is 0. The minimum absolute atomic E-state index is 0.0205. The van der Waals surface area contributed by atoms with E-state index in [0.717, 1.165) is 25.3 Å². The largest absolute Gasteiger partial charge is 0.496 e. The number of rotatable bonds is 14. The molecule has 6 atom stereocenters. The number of para-hydroxylation sites is 1. The SMILES string of the molecule is CCCCOc1cnc(C(NC(=O)N2CCN(CC)C(=O)C2=O)C(=O)N[C@@H](Cc2cccc(C(=O)O)c2OC)B2O[C@@H]3[C@@H]4C[C@H](C[C@]3(C)O2)C4(C)C)c(F)c1. The van der Waals surface area contributed by atoms with Gasteiger partial charge in [-0.25, -0.2) is 14.0 Å². The van der Waals surface area contributed by atoms with Gasteiger partial charge < -0.3 is 39.4 Å². The van der Waals surface area contributed by atoms with E-state index in [2.05, 4.69) is 29.5 Å². The second-order valence-corrected chi connectivity index (χ2v) is 15.5. The molecule has 3 heterocycles. The summed E-state index contributed by atoms with van der Waals surface area (Å²) in [4.78, 5) is 72.1. The molecule has 15 nitrogen and oxygen atoms in total. The number of imide groups is 1. The fourth-order valence-electron chi connectivity index (χ4n) is 8.48. The number of nitrogens with zero attached hydrogens (tertiary/aromatic N) is 3. The summed E-state index contributed by atoms with van der Waals surface area (Å²) in [5.74, 6) is -5.31. The third kappa shape index (κ3) is 7.60. The molecule has 5 aliphatic rings. The number of halogens is 1. The van der Waals surface area contributed by atoms with Crippen LogP contribution < -0.4 is 20.1 Å². The first-order chi connectivity index (χ1) is 26.1. The monoisotopic (exact) mass is 765 g/mol. The summed E-state index contributed by atoms with van der Waals surface area (Å²) in [6.07, 6.45) is 4.15. The molecule has 1 aromatic carbocycles. The summed E-state index contributed by atoms with van der Waals surface area (Å²) in [5.41, 5.74) is -0.804. The molecular weight excluding hydrogens is 716 g/mol. The minimum Gasteiger partial charge on any atom is -0.496 e. The van der Waals surface area contributed by atoms with Gasteiger partial charge in [-0.05, 0) is 68.4 Å². The van der Waals surface area contributed by atoms with Gasteiger partial charge in [0.1, 0.15) is 22.8 Å². The molecule has 0 spiro atoms. The summed E-state index contributed by atoms with van der Waals surface area (Å²) in [7, 11) is 0.297. The van der Waals surface area contributed by atoms with Gasteiger partial charge in [-0.2, -0.15) is 0 Å². The van der Waals surface area contributed by atoms with Gasteiger partial charge in [0.2, 0.25) is 5.91 Å². The number of carboxylic acid groups (broad SMARTS) is 1. The highest BCUT2D eigenvalue weighted by Gasteiger charge is 2.67. The van der Waals surface area contributed by atoms with Crippen LogP contribution in [0.1, 0.15) is 88.0 Å². The number of carboxylic acids is 1. The minimum atomic E-state index is -1.81. The van der Waals surface area contributed by atoms with Gasteiger partial charge in [-0.15, -0.1) is 0 Å². The Morgan fingerprint density at radius 1 is 1.15 bits per heavy atom. The third-order valence-electron chi connectivity index (χ3n) is 11.8. The molecular formula is C38H49BFN5O10. The van der Waals surface area contributed by atoms with Crippen LogP contribution >= 0.6 is 0 Å². The summed E-state index contributed by atoms with van der Waals surface area (Å²) in [5, 5.41) is 15.2. The number of urea groups is 1. The Kier molecular flexibility index (Phi) is 11.4. The maximum absolute atomic E-state index is 15.9. The van der Waals surface area contributed by atoms with E-state index in [1.54, 1.807) is 19.1 Å². The van der Waals surface area contributed by atoms with Crippen LogP contribution in [0.25, 0.3) is 0 Å². The van der Waals surface area contributed by atoms with E-state index in [1.807, 2.05) is 13.8 Å². The first-order valence-corrected chi connectivity index (χ1v) is 18.9. The number of hydrogen-bond donors (Lipinski definition) is 3. The number of aromatic nitrogens is 1. The van der Waals surface area contributed by atoms with Gasteiger partial charge in [0.05, 0.1) is 37.6 Å². The molecule has 296 valence electrons. The Morgan fingerprint density at radius 2 is 1.91 bits per heavy atom. The third-order valence-corrected chi connectivity index (χ3v) is 11.8. The zero-order valence-electron chi connectivity index (χ0n) is 32.1. The van der Waals surface area contributed by atoms with Crippen LogP contribution in [-0.2, 0) is 30.1 Å². The van der Waals surface area contributed by atoms with Crippen molar-refractivity contribution in [3.05, 3.63) is 53.1 Å². The molecule has 0 radical (unpaired) electrons. The average Bonchev–Trinajstić information content (AvgIpc) is 3.52. The quantitative estimate of drug-likeness (QED) is 0.145. The molecule has 1 aromatic heterocycles. The average molecular weight is 766 g/mol. The van der Waals surface area contributed by atoms with Crippen LogP contribution in [-0.4, -0.2) is 108 Å². The number of unbranched alkanes of at least 4 members (excludes halogenated alkanes) is 1. The van der Waals surface area contributed by atoms with Crippen molar-refractivity contribution in [3.8, 4) is 11.5 Å². The van der Waals surface area contributed by atoms with E-state index >= 15 is 4.39 Å². The summed E-state index contributed by atoms with van der Waals surface area (Å²) in [6, 6.07) is 2.75. The molecule has 17 heteroatoms. The number of benzene rings is 1. The molecule has 2 saturated heterocycles. The smallest absolute Gasteiger partial charge is 0.482 e. The molecule has 2 aromatic rings. The number of carbonyl (C=O) groups is 5. The predicted octanol–water partition coefficient (Wildman–Crippen LogP) is 3.54. The fraction of sp³-hybridized carbons (Fsp3) is 0.579. The predicted molar refractivity (Wildman–Crippen MR) is 196 cm³/mol. The molecule has 3 saturated carbocycles. The maximum atomic E-state index is 15.9. The van der Waals surface area contributed by atoms with Crippen molar-refractivity contribution in [1.82, 2.24) is 25.4 Å². The summed E-state index contributed by atoms with van der Waals surface area (Å²) in [6.45, 7) is 10.6. The standard InChI is InChI=1S/C38H49BFN5O10/c1-7-9-15-53-23-18-26(40)28(41-20-23)29(43-36(51)45-14-13-44(8-2)33(47)34(45)48)32(46)42-27(16-21-11-10-12-24(35(49)50)30(21)52-6)39-54-31-25-17-22(37(25,3)4)19-38(31,5)55-39/h10-12,18,20,22,25,27,29,31H,7-9,13-17,19H2,1-6H3,(H,42,46)(H,43,51)(H,49,50)/t22-,25+,27+,29?,31-,38+/m1/s1. The Morgan fingerprint density at radius 3 is 2.56 bits per heavy atom. The van der Waals surface area contributed by atoms with Crippen LogP contribution in [0.15, 0.2) is 30.5 Å². The first kappa shape index (κ1) is 39.9. The number of pyridine rings is 1. The highest BCUT2D eigenvalue weighted by molar-refractivity contribution is 6.48. The Hall–Kier alpha value is -4.77. The van der Waals surface area contributed by atoms with Crippen molar-refractivity contribution < 1.29 is 52.3 Å². The number of aromatic carboxylic acids is 1. The number of nitrogens with one attached hydrogen (secondary N) is 2. The Balaban J connectivity index is 1.34. The van der Waals surface area contributed by atoms with Crippen LogP contribution in [0, 0.1) is 23.1 Å².